The largest absolute Gasteiger partial charge is 0.632 e. The second-order valence-electron chi connectivity index (χ2n) is 7.66. The van der Waals surface area contributed by atoms with Crippen molar-refractivity contribution in [1.29, 1.82) is 0 Å². The molecule has 0 amide bonds. The lowest BCUT2D eigenvalue weighted by Gasteiger charge is -2.49. The fourth-order valence-corrected chi connectivity index (χ4v) is 4.39. The number of hydrogen-bond acceptors (Lipinski definition) is 3. The summed E-state index contributed by atoms with van der Waals surface area (Å²) in [6.45, 7) is 6.27. The van der Waals surface area contributed by atoms with Crippen LogP contribution in [0.3, 0.4) is 0 Å². The number of likely N-dealkylation sites (tertiary alicyclic amines) is 1. The summed E-state index contributed by atoms with van der Waals surface area (Å²) in [6, 6.07) is 19.5. The molecule has 0 bridgehead atoms. The first-order valence-corrected chi connectivity index (χ1v) is 8.94. The van der Waals surface area contributed by atoms with E-state index in [4.69, 9.17) is 9.47 Å². The van der Waals surface area contributed by atoms with Gasteiger partial charge in [0.2, 0.25) is 0 Å². The number of fused-ring (bicyclic) bond motifs is 1. The zero-order chi connectivity index (χ0) is 17.7. The van der Waals surface area contributed by atoms with Crippen LogP contribution < -0.4 is 0 Å². The van der Waals surface area contributed by atoms with Crippen molar-refractivity contribution in [2.24, 2.45) is 0 Å². The molecule has 4 heteroatoms. The molecule has 0 aliphatic carbocycles. The van der Waals surface area contributed by atoms with E-state index >= 15 is 0 Å². The zero-order valence-electron chi connectivity index (χ0n) is 15.0. The van der Waals surface area contributed by atoms with Gasteiger partial charge in [0, 0.05) is 11.1 Å². The van der Waals surface area contributed by atoms with Gasteiger partial charge in [-0.1, -0.05) is 60.7 Å². The van der Waals surface area contributed by atoms with Crippen molar-refractivity contribution in [1.82, 2.24) is 0 Å². The summed E-state index contributed by atoms with van der Waals surface area (Å²) in [5.74, 6) is -0.644. The molecule has 2 saturated heterocycles. The Labute approximate surface area is 149 Å². The van der Waals surface area contributed by atoms with E-state index in [1.54, 1.807) is 0 Å². The number of rotatable bonds is 3. The zero-order valence-corrected chi connectivity index (χ0v) is 15.0. The van der Waals surface area contributed by atoms with Crippen LogP contribution in [0.1, 0.15) is 37.9 Å². The van der Waals surface area contributed by atoms with Crippen molar-refractivity contribution in [3.05, 3.63) is 77.0 Å². The monoisotopic (exact) mass is 339 g/mol. The lowest BCUT2D eigenvalue weighted by molar-refractivity contribution is -0.936. The standard InChI is InChI=1S/C21H25NO3/c1-15-19-20(25-21(2,3)24-19)18(17-12-8-5-9-13-17)22(15,23)14-16-10-6-4-7-11-16/h4-13,15,18-20H,14H2,1-3H3/t15-,18-,19-,20+,22?/m1/s1. The van der Waals surface area contributed by atoms with Gasteiger partial charge in [0.1, 0.15) is 30.8 Å². The van der Waals surface area contributed by atoms with Crippen molar-refractivity contribution in [3.8, 4) is 0 Å². The third-order valence-electron chi connectivity index (χ3n) is 5.52. The van der Waals surface area contributed by atoms with Gasteiger partial charge in [-0.05, 0) is 20.8 Å². The molecule has 2 aromatic rings. The third-order valence-corrected chi connectivity index (χ3v) is 5.52. The Balaban J connectivity index is 1.76. The molecular formula is C21H25NO3. The SMILES string of the molecule is C[C@@H]1[C@H]2OC(C)(C)O[C@H]2[C@@H](c2ccccc2)[N+]1([O-])Cc1ccccc1. The summed E-state index contributed by atoms with van der Waals surface area (Å²) in [5.41, 5.74) is 2.07. The Morgan fingerprint density at radius 3 is 2.12 bits per heavy atom. The molecule has 4 nitrogen and oxygen atoms in total. The van der Waals surface area contributed by atoms with Crippen molar-refractivity contribution in [2.45, 2.75) is 57.4 Å². The molecule has 132 valence electrons. The normalized spacial score (nSPS) is 36.3. The number of nitrogens with zero attached hydrogens (tertiary/aromatic N) is 1. The summed E-state index contributed by atoms with van der Waals surface area (Å²) in [6.07, 6.45) is -0.421. The second kappa shape index (κ2) is 5.92. The molecule has 0 N–H and O–H groups in total. The molecule has 0 spiro atoms. The van der Waals surface area contributed by atoms with Gasteiger partial charge in [-0.25, -0.2) is 0 Å². The van der Waals surface area contributed by atoms with Crippen LogP contribution in [0.15, 0.2) is 60.7 Å². The minimum Gasteiger partial charge on any atom is -0.632 e. The molecule has 2 aliphatic heterocycles. The number of benzene rings is 2. The van der Waals surface area contributed by atoms with E-state index in [1.165, 1.54) is 0 Å². The quantitative estimate of drug-likeness (QED) is 0.623. The number of ether oxygens (including phenoxy) is 2. The third kappa shape index (κ3) is 2.79. The van der Waals surface area contributed by atoms with Gasteiger partial charge in [-0.3, -0.25) is 0 Å². The minimum absolute atomic E-state index is 0.193. The molecule has 5 atom stereocenters. The average molecular weight is 339 g/mol. The topological polar surface area (TPSA) is 41.5 Å². The Kier molecular flexibility index (Phi) is 3.96. The van der Waals surface area contributed by atoms with Crippen LogP contribution in [0.2, 0.25) is 0 Å². The van der Waals surface area contributed by atoms with E-state index in [0.29, 0.717) is 6.54 Å². The lowest BCUT2D eigenvalue weighted by atomic mass is 10.0. The molecule has 0 aromatic heterocycles. The van der Waals surface area contributed by atoms with Gasteiger partial charge < -0.3 is 19.3 Å². The van der Waals surface area contributed by atoms with Crippen molar-refractivity contribution < 1.29 is 14.1 Å². The summed E-state index contributed by atoms with van der Waals surface area (Å²) in [4.78, 5) is 0. The number of hydroxylamine groups is 3. The molecule has 2 aromatic carbocycles. The first-order valence-electron chi connectivity index (χ1n) is 8.94. The van der Waals surface area contributed by atoms with E-state index in [-0.39, 0.29) is 28.9 Å². The van der Waals surface area contributed by atoms with E-state index in [0.717, 1.165) is 11.1 Å². The molecule has 4 rings (SSSR count). The van der Waals surface area contributed by atoms with Gasteiger partial charge in [-0.2, -0.15) is 0 Å². The Bertz CT molecular complexity index is 733. The highest BCUT2D eigenvalue weighted by Crippen LogP contribution is 2.51. The second-order valence-corrected chi connectivity index (χ2v) is 7.66. The molecule has 2 heterocycles. The van der Waals surface area contributed by atoms with E-state index in [9.17, 15) is 5.21 Å². The first kappa shape index (κ1) is 16.7. The first-order chi connectivity index (χ1) is 11.9. The van der Waals surface area contributed by atoms with Gasteiger partial charge >= 0.3 is 0 Å². The highest BCUT2D eigenvalue weighted by Gasteiger charge is 2.62. The Morgan fingerprint density at radius 2 is 1.48 bits per heavy atom. The average Bonchev–Trinajstić information content (AvgIpc) is 2.99. The van der Waals surface area contributed by atoms with Crippen molar-refractivity contribution >= 4 is 0 Å². The van der Waals surface area contributed by atoms with Crippen LogP contribution in [-0.4, -0.2) is 28.7 Å². The maximum atomic E-state index is 14.1. The van der Waals surface area contributed by atoms with Crippen LogP contribution >= 0.6 is 0 Å². The van der Waals surface area contributed by atoms with Crippen LogP contribution in [0.5, 0.6) is 0 Å². The van der Waals surface area contributed by atoms with E-state index in [1.807, 2.05) is 81.4 Å². The van der Waals surface area contributed by atoms with Crippen LogP contribution in [0.25, 0.3) is 0 Å². The van der Waals surface area contributed by atoms with Crippen LogP contribution in [-0.2, 0) is 16.0 Å². The molecule has 1 unspecified atom stereocenters. The fourth-order valence-electron chi connectivity index (χ4n) is 4.39. The molecule has 25 heavy (non-hydrogen) atoms. The molecule has 2 fully saturated rings. The summed E-state index contributed by atoms with van der Waals surface area (Å²) in [7, 11) is 0. The van der Waals surface area contributed by atoms with Gasteiger partial charge in [0.15, 0.2) is 5.79 Å². The molecule has 0 saturated carbocycles. The lowest BCUT2D eigenvalue weighted by Crippen LogP contribution is -2.50. The fraction of sp³-hybridized carbons (Fsp3) is 0.429. The molecule has 0 radical (unpaired) electrons. The Morgan fingerprint density at radius 1 is 0.920 bits per heavy atom. The predicted molar refractivity (Wildman–Crippen MR) is 96.2 cm³/mol. The van der Waals surface area contributed by atoms with Gasteiger partial charge in [0.05, 0.1) is 0 Å². The number of hydrogen-bond donors (Lipinski definition) is 0. The summed E-state index contributed by atoms with van der Waals surface area (Å²) >= 11 is 0. The summed E-state index contributed by atoms with van der Waals surface area (Å²) in [5, 5.41) is 14.1. The van der Waals surface area contributed by atoms with Gasteiger partial charge in [-0.15, -0.1) is 0 Å². The minimum atomic E-state index is -0.644. The van der Waals surface area contributed by atoms with Gasteiger partial charge in [0.25, 0.3) is 0 Å². The van der Waals surface area contributed by atoms with Crippen LogP contribution in [0.4, 0.5) is 0 Å². The highest BCUT2D eigenvalue weighted by atomic mass is 16.8. The van der Waals surface area contributed by atoms with Crippen molar-refractivity contribution in [2.75, 3.05) is 0 Å². The van der Waals surface area contributed by atoms with Crippen molar-refractivity contribution in [3.63, 3.8) is 0 Å². The predicted octanol–water partition coefficient (Wildman–Crippen LogP) is 4.16. The smallest absolute Gasteiger partial charge is 0.164 e. The number of quaternary nitrogens is 1. The molecular weight excluding hydrogens is 314 g/mol. The highest BCUT2D eigenvalue weighted by molar-refractivity contribution is 5.23. The molecule has 2 aliphatic rings. The Hall–Kier alpha value is -1.72. The maximum Gasteiger partial charge on any atom is 0.164 e. The van der Waals surface area contributed by atoms with Crippen LogP contribution in [0, 0.1) is 5.21 Å². The summed E-state index contributed by atoms with van der Waals surface area (Å²) < 4.78 is 12.0. The maximum absolute atomic E-state index is 14.1. The van der Waals surface area contributed by atoms with E-state index in [2.05, 4.69) is 0 Å². The van der Waals surface area contributed by atoms with E-state index < -0.39 is 5.79 Å².